The van der Waals surface area contributed by atoms with Crippen molar-refractivity contribution in [1.29, 1.82) is 0 Å². The third-order valence-electron chi connectivity index (χ3n) is 5.49. The maximum atomic E-state index is 13.9. The van der Waals surface area contributed by atoms with Gasteiger partial charge in [0, 0.05) is 25.6 Å². The van der Waals surface area contributed by atoms with Gasteiger partial charge in [-0.25, -0.2) is 9.97 Å². The molecule has 9 heteroatoms. The molecule has 5 aromatic rings. The molecule has 36 heavy (non-hydrogen) atoms. The van der Waals surface area contributed by atoms with Crippen molar-refractivity contribution in [3.8, 4) is 39.7 Å². The van der Waals surface area contributed by atoms with Crippen LogP contribution in [0.15, 0.2) is 93.9 Å². The molecule has 0 N–H and O–H groups in total. The molecule has 0 saturated carbocycles. The molecule has 2 heterocycles. The van der Waals surface area contributed by atoms with Gasteiger partial charge < -0.3 is 0 Å². The van der Waals surface area contributed by atoms with Gasteiger partial charge in [-0.2, -0.15) is 23.0 Å². The summed E-state index contributed by atoms with van der Waals surface area (Å²) in [4.78, 5) is 8.41. The predicted molar refractivity (Wildman–Crippen MR) is 141 cm³/mol. The first-order chi connectivity index (χ1) is 17.2. The zero-order chi connectivity index (χ0) is 25.4. The van der Waals surface area contributed by atoms with Crippen LogP contribution in [0.4, 0.5) is 13.2 Å². The van der Waals surface area contributed by atoms with Crippen molar-refractivity contribution < 1.29 is 13.2 Å². The molecule has 5 rings (SSSR count). The van der Waals surface area contributed by atoms with Gasteiger partial charge in [-0.05, 0) is 43.3 Å². The summed E-state index contributed by atoms with van der Waals surface area (Å²) >= 11 is 6.94. The third-order valence-corrected chi connectivity index (χ3v) is 6.48. The van der Waals surface area contributed by atoms with Gasteiger partial charge in [0.1, 0.15) is 0 Å². The van der Waals surface area contributed by atoms with E-state index >= 15 is 0 Å². The van der Waals surface area contributed by atoms with E-state index in [4.69, 9.17) is 0 Å². The Labute approximate surface area is 222 Å². The second kappa shape index (κ2) is 9.63. The molecule has 0 aliphatic rings. The standard InChI is InChI=1S/C27H17Br2F3N4/c1-16-8-10-17(11-9-16)22-15-25(27(30,31)32)34-26(33-22)36-24(19-5-3-7-21(29)13-19)14-23(35-36)18-4-2-6-20(28)12-18/h2-15H,1H3. The number of benzene rings is 3. The highest BCUT2D eigenvalue weighted by Gasteiger charge is 2.34. The fraction of sp³-hybridized carbons (Fsp3) is 0.0741. The van der Waals surface area contributed by atoms with Crippen LogP contribution in [0.25, 0.3) is 39.7 Å². The number of aromatic nitrogens is 4. The molecule has 180 valence electrons. The Morgan fingerprint density at radius 2 is 1.33 bits per heavy atom. The van der Waals surface area contributed by atoms with E-state index < -0.39 is 11.9 Å². The number of hydrogen-bond donors (Lipinski definition) is 0. The normalized spacial score (nSPS) is 11.6. The smallest absolute Gasteiger partial charge is 0.211 e. The summed E-state index contributed by atoms with van der Waals surface area (Å²) in [5.41, 5.74) is 3.34. The summed E-state index contributed by atoms with van der Waals surface area (Å²) in [6.45, 7) is 1.91. The van der Waals surface area contributed by atoms with Gasteiger partial charge >= 0.3 is 6.18 Å². The number of aryl methyl sites for hydroxylation is 1. The minimum atomic E-state index is -4.66. The zero-order valence-electron chi connectivity index (χ0n) is 18.8. The van der Waals surface area contributed by atoms with Crippen molar-refractivity contribution >= 4 is 31.9 Å². The van der Waals surface area contributed by atoms with Gasteiger partial charge in [-0.15, -0.1) is 0 Å². The summed E-state index contributed by atoms with van der Waals surface area (Å²) in [5.74, 6) is -0.170. The lowest BCUT2D eigenvalue weighted by molar-refractivity contribution is -0.141. The van der Waals surface area contributed by atoms with Crippen LogP contribution in [0, 0.1) is 6.92 Å². The Kier molecular flexibility index (Phi) is 6.53. The van der Waals surface area contributed by atoms with Crippen LogP contribution in [0.3, 0.4) is 0 Å². The van der Waals surface area contributed by atoms with Gasteiger partial charge in [0.25, 0.3) is 5.95 Å². The SMILES string of the molecule is Cc1ccc(-c2cc(C(F)(F)F)nc(-n3nc(-c4cccc(Br)c4)cc3-c3cccc(Br)c3)n2)cc1. The molecule has 0 aliphatic heterocycles. The molecular formula is C27H17Br2F3N4. The Bertz CT molecular complexity index is 1560. The van der Waals surface area contributed by atoms with Crippen molar-refractivity contribution in [3.63, 3.8) is 0 Å². The molecule has 2 aromatic heterocycles. The summed E-state index contributed by atoms with van der Waals surface area (Å²) in [5, 5.41) is 4.66. The number of alkyl halides is 3. The number of nitrogens with zero attached hydrogens (tertiary/aromatic N) is 4. The number of hydrogen-bond acceptors (Lipinski definition) is 3. The average molecular weight is 614 g/mol. The first-order valence-electron chi connectivity index (χ1n) is 10.8. The zero-order valence-corrected chi connectivity index (χ0v) is 21.9. The lowest BCUT2D eigenvalue weighted by Crippen LogP contribution is -2.14. The van der Waals surface area contributed by atoms with Crippen LogP contribution in [0.2, 0.25) is 0 Å². The summed E-state index contributed by atoms with van der Waals surface area (Å²) < 4.78 is 44.8. The fourth-order valence-corrected chi connectivity index (χ4v) is 4.52. The first-order valence-corrected chi connectivity index (χ1v) is 12.4. The molecule has 0 saturated heterocycles. The van der Waals surface area contributed by atoms with E-state index in [1.54, 1.807) is 12.1 Å². The van der Waals surface area contributed by atoms with E-state index in [2.05, 4.69) is 46.9 Å². The van der Waals surface area contributed by atoms with Crippen molar-refractivity contribution in [2.75, 3.05) is 0 Å². The molecule has 4 nitrogen and oxygen atoms in total. The topological polar surface area (TPSA) is 43.6 Å². The first kappa shape index (κ1) is 24.4. The van der Waals surface area contributed by atoms with Gasteiger partial charge in [0.2, 0.25) is 0 Å². The quantitative estimate of drug-likeness (QED) is 0.204. The van der Waals surface area contributed by atoms with Crippen LogP contribution in [0.5, 0.6) is 0 Å². The molecular weight excluding hydrogens is 597 g/mol. The van der Waals surface area contributed by atoms with Gasteiger partial charge in [-0.3, -0.25) is 0 Å². The molecule has 0 bridgehead atoms. The Morgan fingerprint density at radius 1 is 0.694 bits per heavy atom. The van der Waals surface area contributed by atoms with E-state index in [1.165, 1.54) is 4.68 Å². The molecule has 0 atom stereocenters. The monoisotopic (exact) mass is 612 g/mol. The van der Waals surface area contributed by atoms with Crippen molar-refractivity contribution in [2.24, 2.45) is 0 Å². The van der Waals surface area contributed by atoms with Crippen LogP contribution in [-0.2, 0) is 6.18 Å². The fourth-order valence-electron chi connectivity index (χ4n) is 3.72. The highest BCUT2D eigenvalue weighted by molar-refractivity contribution is 9.10. The summed E-state index contributed by atoms with van der Waals surface area (Å²) in [6, 6.07) is 24.9. The molecule has 0 amide bonds. The molecule has 0 radical (unpaired) electrons. The number of halogens is 5. The van der Waals surface area contributed by atoms with E-state index in [0.717, 1.165) is 31.7 Å². The Hall–Kier alpha value is -3.30. The molecule has 0 aliphatic carbocycles. The lowest BCUT2D eigenvalue weighted by atomic mass is 10.1. The minimum Gasteiger partial charge on any atom is -0.211 e. The van der Waals surface area contributed by atoms with Crippen LogP contribution < -0.4 is 0 Å². The second-order valence-electron chi connectivity index (χ2n) is 8.15. The molecule has 3 aromatic carbocycles. The lowest BCUT2D eigenvalue weighted by Gasteiger charge is -2.12. The highest BCUT2D eigenvalue weighted by Crippen LogP contribution is 2.34. The van der Waals surface area contributed by atoms with E-state index in [9.17, 15) is 13.2 Å². The van der Waals surface area contributed by atoms with Crippen LogP contribution in [-0.4, -0.2) is 19.7 Å². The Balaban J connectivity index is 1.76. The van der Waals surface area contributed by atoms with E-state index in [-0.39, 0.29) is 11.6 Å². The van der Waals surface area contributed by atoms with Gasteiger partial charge in [0.15, 0.2) is 5.69 Å². The summed E-state index contributed by atoms with van der Waals surface area (Å²) in [6.07, 6.45) is -4.66. The molecule has 0 fully saturated rings. The van der Waals surface area contributed by atoms with Crippen molar-refractivity contribution in [2.45, 2.75) is 13.1 Å². The van der Waals surface area contributed by atoms with E-state index in [1.807, 2.05) is 73.7 Å². The highest BCUT2D eigenvalue weighted by atomic mass is 79.9. The largest absolute Gasteiger partial charge is 0.433 e. The van der Waals surface area contributed by atoms with Crippen molar-refractivity contribution in [3.05, 3.63) is 105 Å². The summed E-state index contributed by atoms with van der Waals surface area (Å²) in [7, 11) is 0. The third kappa shape index (κ3) is 5.12. The molecule has 0 spiro atoms. The van der Waals surface area contributed by atoms with Gasteiger partial charge in [0.05, 0.1) is 17.1 Å². The molecule has 0 unspecified atom stereocenters. The average Bonchev–Trinajstić information content (AvgIpc) is 3.29. The number of rotatable bonds is 4. The van der Waals surface area contributed by atoms with Crippen LogP contribution in [0.1, 0.15) is 11.3 Å². The maximum absolute atomic E-state index is 13.9. The van der Waals surface area contributed by atoms with Crippen LogP contribution >= 0.6 is 31.9 Å². The second-order valence-corrected chi connectivity index (χ2v) is 9.98. The predicted octanol–water partition coefficient (Wildman–Crippen LogP) is 8.52. The van der Waals surface area contributed by atoms with Crippen molar-refractivity contribution in [1.82, 2.24) is 19.7 Å². The van der Waals surface area contributed by atoms with E-state index in [0.29, 0.717) is 17.0 Å². The Morgan fingerprint density at radius 3 is 1.97 bits per heavy atom. The minimum absolute atomic E-state index is 0.159. The van der Waals surface area contributed by atoms with Gasteiger partial charge in [-0.1, -0.05) is 86.0 Å². The maximum Gasteiger partial charge on any atom is 0.433 e.